The molecule has 0 radical (unpaired) electrons. The number of alkyl halides is 1. The third kappa shape index (κ3) is 4.64. The summed E-state index contributed by atoms with van der Waals surface area (Å²) in [5, 5.41) is 0.849. The smallest absolute Gasteiger partial charge is 0.131 e. The highest BCUT2D eigenvalue weighted by atomic mass is 79.9. The van der Waals surface area contributed by atoms with Crippen molar-refractivity contribution in [2.24, 2.45) is 0 Å². The molecule has 0 unspecified atom stereocenters. The number of pyridine rings is 1. The molecular formula is C13H21BrN2O. The summed E-state index contributed by atoms with van der Waals surface area (Å²) in [5.41, 5.74) is 2.41. The summed E-state index contributed by atoms with van der Waals surface area (Å²) in [6.07, 6.45) is 2.20. The van der Waals surface area contributed by atoms with E-state index in [1.165, 1.54) is 11.1 Å². The minimum atomic E-state index is 0.285. The Hall–Kier alpha value is -0.610. The molecule has 0 aromatic carbocycles. The molecule has 0 aliphatic heterocycles. The zero-order valence-electron chi connectivity index (χ0n) is 11.0. The Morgan fingerprint density at radius 3 is 2.71 bits per heavy atom. The Morgan fingerprint density at radius 1 is 1.47 bits per heavy atom. The van der Waals surface area contributed by atoms with Crippen LogP contribution in [0, 0.1) is 6.92 Å². The fourth-order valence-electron chi connectivity index (χ4n) is 1.63. The number of aryl methyl sites for hydroxylation is 1. The summed E-state index contributed by atoms with van der Waals surface area (Å²) in [7, 11) is 2.05. The maximum atomic E-state index is 5.54. The number of likely N-dealkylation sites (N-methyl/N-ethyl adjacent to an activating group) is 1. The van der Waals surface area contributed by atoms with Gasteiger partial charge in [-0.25, -0.2) is 4.98 Å². The lowest BCUT2D eigenvalue weighted by Crippen LogP contribution is -2.25. The van der Waals surface area contributed by atoms with Gasteiger partial charge in [-0.3, -0.25) is 0 Å². The van der Waals surface area contributed by atoms with E-state index in [1.807, 2.05) is 27.1 Å². The molecular weight excluding hydrogens is 280 g/mol. The van der Waals surface area contributed by atoms with Gasteiger partial charge in [-0.05, 0) is 31.9 Å². The summed E-state index contributed by atoms with van der Waals surface area (Å²) in [5.74, 6) is 1.03. The predicted octanol–water partition coefficient (Wildman–Crippen LogP) is 3.15. The monoisotopic (exact) mass is 300 g/mol. The molecule has 0 spiro atoms. The van der Waals surface area contributed by atoms with Crippen LogP contribution in [0.5, 0.6) is 0 Å². The average Bonchev–Trinajstić information content (AvgIpc) is 2.28. The van der Waals surface area contributed by atoms with Gasteiger partial charge in [-0.2, -0.15) is 0 Å². The van der Waals surface area contributed by atoms with Crippen molar-refractivity contribution in [2.45, 2.75) is 32.2 Å². The second-order valence-corrected chi connectivity index (χ2v) is 5.02. The van der Waals surface area contributed by atoms with E-state index in [0.29, 0.717) is 0 Å². The number of aromatic nitrogens is 1. The van der Waals surface area contributed by atoms with E-state index in [1.54, 1.807) is 0 Å². The molecule has 1 heterocycles. The molecule has 0 fully saturated rings. The molecule has 0 bridgehead atoms. The van der Waals surface area contributed by atoms with E-state index in [9.17, 15) is 0 Å². The van der Waals surface area contributed by atoms with Crippen LogP contribution in [0.3, 0.4) is 0 Å². The van der Waals surface area contributed by atoms with Crippen LogP contribution in [-0.4, -0.2) is 31.3 Å². The first-order valence-electron chi connectivity index (χ1n) is 5.88. The summed E-state index contributed by atoms with van der Waals surface area (Å²) in [6, 6.07) is 2.16. The molecule has 0 atom stereocenters. The average molecular weight is 301 g/mol. The van der Waals surface area contributed by atoms with Crippen molar-refractivity contribution >= 4 is 21.7 Å². The summed E-state index contributed by atoms with van der Waals surface area (Å²) in [6.45, 7) is 7.78. The van der Waals surface area contributed by atoms with Crippen LogP contribution < -0.4 is 4.90 Å². The molecule has 0 N–H and O–H groups in total. The third-order valence-corrected chi connectivity index (χ3v) is 3.15. The topological polar surface area (TPSA) is 25.4 Å². The van der Waals surface area contributed by atoms with Crippen LogP contribution >= 0.6 is 15.9 Å². The van der Waals surface area contributed by atoms with Gasteiger partial charge in [0.15, 0.2) is 0 Å². The van der Waals surface area contributed by atoms with E-state index in [4.69, 9.17) is 4.74 Å². The van der Waals surface area contributed by atoms with Crippen molar-refractivity contribution in [1.82, 2.24) is 4.98 Å². The van der Waals surface area contributed by atoms with Gasteiger partial charge >= 0.3 is 0 Å². The predicted molar refractivity (Wildman–Crippen MR) is 76.0 cm³/mol. The van der Waals surface area contributed by atoms with Crippen molar-refractivity contribution in [3.8, 4) is 0 Å². The molecule has 1 aromatic heterocycles. The zero-order valence-corrected chi connectivity index (χ0v) is 12.6. The second-order valence-electron chi connectivity index (χ2n) is 4.46. The zero-order chi connectivity index (χ0) is 12.8. The summed E-state index contributed by atoms with van der Waals surface area (Å²) < 4.78 is 5.54. The number of nitrogens with zero attached hydrogens (tertiary/aromatic N) is 2. The SMILES string of the molecule is Cc1cc(CBr)cnc1N(C)CCOC(C)C. The molecule has 1 aromatic rings. The highest BCUT2D eigenvalue weighted by Gasteiger charge is 2.07. The van der Waals surface area contributed by atoms with E-state index < -0.39 is 0 Å². The van der Waals surface area contributed by atoms with Crippen LogP contribution in [0.1, 0.15) is 25.0 Å². The van der Waals surface area contributed by atoms with Crippen LogP contribution in [-0.2, 0) is 10.1 Å². The van der Waals surface area contributed by atoms with E-state index in [0.717, 1.165) is 24.3 Å². The number of ether oxygens (including phenoxy) is 1. The fraction of sp³-hybridized carbons (Fsp3) is 0.615. The lowest BCUT2D eigenvalue weighted by Gasteiger charge is -2.21. The molecule has 3 nitrogen and oxygen atoms in total. The lowest BCUT2D eigenvalue weighted by atomic mass is 10.2. The van der Waals surface area contributed by atoms with Crippen molar-refractivity contribution in [3.05, 3.63) is 23.4 Å². The maximum absolute atomic E-state index is 5.54. The van der Waals surface area contributed by atoms with Gasteiger partial charge in [0.05, 0.1) is 12.7 Å². The second kappa shape index (κ2) is 6.97. The molecule has 0 aliphatic carbocycles. The lowest BCUT2D eigenvalue weighted by molar-refractivity contribution is 0.0845. The van der Waals surface area contributed by atoms with Gasteiger partial charge in [0, 0.05) is 25.1 Å². The van der Waals surface area contributed by atoms with Crippen molar-refractivity contribution < 1.29 is 4.74 Å². The largest absolute Gasteiger partial charge is 0.377 e. The van der Waals surface area contributed by atoms with E-state index in [-0.39, 0.29) is 6.10 Å². The number of anilines is 1. The Labute approximate surface area is 112 Å². The Balaban J connectivity index is 2.59. The van der Waals surface area contributed by atoms with Gasteiger partial charge in [0.2, 0.25) is 0 Å². The van der Waals surface area contributed by atoms with Crippen LogP contribution in [0.15, 0.2) is 12.3 Å². The minimum absolute atomic E-state index is 0.285. The minimum Gasteiger partial charge on any atom is -0.377 e. The van der Waals surface area contributed by atoms with Gasteiger partial charge < -0.3 is 9.64 Å². The highest BCUT2D eigenvalue weighted by Crippen LogP contribution is 2.17. The fourth-order valence-corrected chi connectivity index (χ4v) is 1.94. The number of hydrogen-bond acceptors (Lipinski definition) is 3. The first-order chi connectivity index (χ1) is 8.04. The highest BCUT2D eigenvalue weighted by molar-refractivity contribution is 9.08. The number of rotatable bonds is 6. The van der Waals surface area contributed by atoms with E-state index >= 15 is 0 Å². The van der Waals surface area contributed by atoms with Gasteiger partial charge in [-0.15, -0.1) is 0 Å². The molecule has 4 heteroatoms. The van der Waals surface area contributed by atoms with Crippen LogP contribution in [0.2, 0.25) is 0 Å². The number of hydrogen-bond donors (Lipinski definition) is 0. The molecule has 0 aliphatic rings. The first kappa shape index (κ1) is 14.5. The Kier molecular flexibility index (Phi) is 5.92. The maximum Gasteiger partial charge on any atom is 0.131 e. The van der Waals surface area contributed by atoms with Crippen LogP contribution in [0.25, 0.3) is 0 Å². The molecule has 96 valence electrons. The van der Waals surface area contributed by atoms with Gasteiger partial charge in [-0.1, -0.05) is 22.0 Å². The van der Waals surface area contributed by atoms with Gasteiger partial charge in [0.25, 0.3) is 0 Å². The van der Waals surface area contributed by atoms with E-state index in [2.05, 4.69) is 38.8 Å². The quantitative estimate of drug-likeness (QED) is 0.755. The van der Waals surface area contributed by atoms with Crippen LogP contribution in [0.4, 0.5) is 5.82 Å². The number of halogens is 1. The first-order valence-corrected chi connectivity index (χ1v) is 7.01. The molecule has 1 rings (SSSR count). The van der Waals surface area contributed by atoms with Crippen molar-refractivity contribution in [2.75, 3.05) is 25.1 Å². The Morgan fingerprint density at radius 2 is 2.18 bits per heavy atom. The summed E-state index contributed by atoms with van der Waals surface area (Å²) in [4.78, 5) is 6.62. The van der Waals surface area contributed by atoms with Crippen molar-refractivity contribution in [3.63, 3.8) is 0 Å². The molecule has 0 amide bonds. The standard InChI is InChI=1S/C13H21BrN2O/c1-10(2)17-6-5-16(4)13-11(3)7-12(8-14)9-15-13/h7,9-10H,5-6,8H2,1-4H3. The summed E-state index contributed by atoms with van der Waals surface area (Å²) >= 11 is 3.44. The Bertz CT molecular complexity index is 355. The van der Waals surface area contributed by atoms with Gasteiger partial charge in [0.1, 0.15) is 5.82 Å². The van der Waals surface area contributed by atoms with Crippen molar-refractivity contribution in [1.29, 1.82) is 0 Å². The molecule has 17 heavy (non-hydrogen) atoms. The normalized spacial score (nSPS) is 10.9. The third-order valence-electron chi connectivity index (χ3n) is 2.50. The molecule has 0 saturated carbocycles. The molecule has 0 saturated heterocycles.